The highest BCUT2D eigenvalue weighted by atomic mass is 17.2. The van der Waals surface area contributed by atoms with Crippen molar-refractivity contribution in [3.05, 3.63) is 0 Å². The van der Waals surface area contributed by atoms with E-state index in [-0.39, 0.29) is 12.9 Å². The van der Waals surface area contributed by atoms with Crippen molar-refractivity contribution in [1.29, 1.82) is 0 Å². The van der Waals surface area contributed by atoms with Gasteiger partial charge in [-0.1, -0.05) is 40.0 Å². The quantitative estimate of drug-likeness (QED) is 0.324. The highest BCUT2D eigenvalue weighted by Crippen LogP contribution is 2.37. The molecular formula is C12H22O4. The SMILES string of the molecule is CC(C)(C)C1CCCCC1.O=COOC=O. The van der Waals surface area contributed by atoms with Gasteiger partial charge in [0.2, 0.25) is 0 Å². The summed E-state index contributed by atoms with van der Waals surface area (Å²) >= 11 is 0. The average molecular weight is 230 g/mol. The maximum absolute atomic E-state index is 9.06. The van der Waals surface area contributed by atoms with Gasteiger partial charge in [-0.3, -0.25) is 19.4 Å². The van der Waals surface area contributed by atoms with E-state index in [1.807, 2.05) is 0 Å². The largest absolute Gasteiger partial charge is 0.344 e. The molecule has 0 N–H and O–H groups in total. The van der Waals surface area contributed by atoms with Crippen molar-refractivity contribution in [3.8, 4) is 0 Å². The fourth-order valence-corrected chi connectivity index (χ4v) is 2.01. The normalized spacial score (nSPS) is 16.7. The summed E-state index contributed by atoms with van der Waals surface area (Å²) in [7, 11) is 0. The molecule has 0 bridgehead atoms. The zero-order valence-electron chi connectivity index (χ0n) is 10.4. The highest BCUT2D eigenvalue weighted by Gasteiger charge is 2.25. The molecule has 0 amide bonds. The Kier molecular flexibility index (Phi) is 7.60. The molecule has 4 heteroatoms. The zero-order chi connectivity index (χ0) is 12.4. The smallest absolute Gasteiger partial charge is 0.251 e. The van der Waals surface area contributed by atoms with Gasteiger partial charge in [0.15, 0.2) is 0 Å². The summed E-state index contributed by atoms with van der Waals surface area (Å²) in [4.78, 5) is 25.0. The van der Waals surface area contributed by atoms with E-state index in [0.29, 0.717) is 5.41 Å². The molecule has 0 spiro atoms. The van der Waals surface area contributed by atoms with Crippen LogP contribution >= 0.6 is 0 Å². The van der Waals surface area contributed by atoms with Crippen LogP contribution in [0.4, 0.5) is 0 Å². The number of hydrogen-bond donors (Lipinski definition) is 0. The topological polar surface area (TPSA) is 52.6 Å². The lowest BCUT2D eigenvalue weighted by Crippen LogP contribution is -2.22. The van der Waals surface area contributed by atoms with E-state index in [1.165, 1.54) is 32.1 Å². The summed E-state index contributed by atoms with van der Waals surface area (Å²) in [6, 6.07) is 0. The maximum atomic E-state index is 9.06. The highest BCUT2D eigenvalue weighted by molar-refractivity contribution is 5.40. The van der Waals surface area contributed by atoms with Crippen LogP contribution in [0.5, 0.6) is 0 Å². The van der Waals surface area contributed by atoms with Gasteiger partial charge < -0.3 is 0 Å². The van der Waals surface area contributed by atoms with Gasteiger partial charge in [0.05, 0.1) is 0 Å². The second-order valence-electron chi connectivity index (χ2n) is 5.09. The lowest BCUT2D eigenvalue weighted by Gasteiger charge is -2.33. The van der Waals surface area contributed by atoms with Crippen molar-refractivity contribution in [2.45, 2.75) is 52.9 Å². The summed E-state index contributed by atoms with van der Waals surface area (Å²) in [5.41, 5.74) is 0.570. The van der Waals surface area contributed by atoms with Gasteiger partial charge in [-0.25, -0.2) is 0 Å². The third kappa shape index (κ3) is 7.26. The van der Waals surface area contributed by atoms with Gasteiger partial charge >= 0.3 is 12.9 Å². The Hall–Kier alpha value is -1.06. The fraction of sp³-hybridized carbons (Fsp3) is 0.833. The molecule has 0 radical (unpaired) electrons. The van der Waals surface area contributed by atoms with Crippen molar-refractivity contribution < 1.29 is 19.4 Å². The molecule has 1 fully saturated rings. The van der Waals surface area contributed by atoms with Crippen LogP contribution in [0.25, 0.3) is 0 Å². The van der Waals surface area contributed by atoms with E-state index >= 15 is 0 Å². The van der Waals surface area contributed by atoms with Crippen LogP contribution in [0.15, 0.2) is 0 Å². The first-order chi connectivity index (χ1) is 7.52. The molecule has 0 aliphatic heterocycles. The summed E-state index contributed by atoms with van der Waals surface area (Å²) in [6.07, 6.45) is 7.38. The van der Waals surface area contributed by atoms with Crippen molar-refractivity contribution in [2.75, 3.05) is 0 Å². The van der Waals surface area contributed by atoms with Crippen molar-refractivity contribution in [1.82, 2.24) is 0 Å². The van der Waals surface area contributed by atoms with Crippen LogP contribution in [0.3, 0.4) is 0 Å². The van der Waals surface area contributed by atoms with Crippen LogP contribution in [0.1, 0.15) is 52.9 Å². The maximum Gasteiger partial charge on any atom is 0.344 e. The first-order valence-electron chi connectivity index (χ1n) is 5.71. The Morgan fingerprint density at radius 3 is 1.62 bits per heavy atom. The fourth-order valence-electron chi connectivity index (χ4n) is 2.01. The summed E-state index contributed by atoms with van der Waals surface area (Å²) in [6.45, 7) is 7.15. The van der Waals surface area contributed by atoms with Crippen molar-refractivity contribution in [2.24, 2.45) is 11.3 Å². The Morgan fingerprint density at radius 2 is 1.38 bits per heavy atom. The Morgan fingerprint density at radius 1 is 0.938 bits per heavy atom. The van der Waals surface area contributed by atoms with Gasteiger partial charge in [-0.15, -0.1) is 0 Å². The summed E-state index contributed by atoms with van der Waals surface area (Å²) in [5, 5.41) is 0. The molecule has 0 heterocycles. The molecule has 0 aromatic carbocycles. The summed E-state index contributed by atoms with van der Waals surface area (Å²) in [5.74, 6) is 1.00. The van der Waals surface area contributed by atoms with Gasteiger partial charge in [0.1, 0.15) is 0 Å². The Labute approximate surface area is 97.2 Å². The van der Waals surface area contributed by atoms with E-state index in [2.05, 4.69) is 30.5 Å². The zero-order valence-corrected chi connectivity index (χ0v) is 10.4. The number of carbonyl (C=O) groups is 2. The third-order valence-corrected chi connectivity index (χ3v) is 2.96. The second-order valence-corrected chi connectivity index (χ2v) is 5.09. The molecule has 0 aromatic heterocycles. The first kappa shape index (κ1) is 14.9. The lowest BCUT2D eigenvalue weighted by molar-refractivity contribution is -0.235. The summed E-state index contributed by atoms with van der Waals surface area (Å²) < 4.78 is 0. The Balaban J connectivity index is 0.000000325. The van der Waals surface area contributed by atoms with E-state index < -0.39 is 0 Å². The molecule has 1 aliphatic carbocycles. The molecule has 0 unspecified atom stereocenters. The van der Waals surface area contributed by atoms with E-state index in [1.54, 1.807) is 0 Å². The monoisotopic (exact) mass is 230 g/mol. The standard InChI is InChI=1S/C10H20.C2H2O4/c1-10(2,3)9-7-5-4-6-8-9;3-1-5-6-2-4/h9H,4-8H2,1-3H3;1-2H. The molecule has 4 nitrogen and oxygen atoms in total. The first-order valence-corrected chi connectivity index (χ1v) is 5.71. The van der Waals surface area contributed by atoms with Gasteiger partial charge in [0.25, 0.3) is 0 Å². The molecule has 1 aliphatic rings. The molecule has 0 saturated heterocycles. The lowest BCUT2D eigenvalue weighted by atomic mass is 9.72. The predicted octanol–water partition coefficient (Wildman–Crippen LogP) is 2.86. The van der Waals surface area contributed by atoms with Gasteiger partial charge in [-0.2, -0.15) is 0 Å². The Bertz CT molecular complexity index is 182. The minimum Gasteiger partial charge on any atom is -0.251 e. The minimum atomic E-state index is 0.00833. The molecule has 16 heavy (non-hydrogen) atoms. The molecule has 0 atom stereocenters. The van der Waals surface area contributed by atoms with E-state index in [4.69, 9.17) is 9.59 Å². The molecule has 1 saturated carbocycles. The van der Waals surface area contributed by atoms with Crippen LogP contribution in [0, 0.1) is 11.3 Å². The predicted molar refractivity (Wildman–Crippen MR) is 60.3 cm³/mol. The van der Waals surface area contributed by atoms with E-state index in [0.717, 1.165) is 5.92 Å². The minimum absolute atomic E-state index is 0.00833. The second kappa shape index (κ2) is 8.13. The van der Waals surface area contributed by atoms with Crippen LogP contribution in [-0.2, 0) is 19.4 Å². The van der Waals surface area contributed by atoms with Crippen molar-refractivity contribution in [3.63, 3.8) is 0 Å². The third-order valence-electron chi connectivity index (χ3n) is 2.96. The number of carbonyl (C=O) groups excluding carboxylic acids is 2. The molecule has 1 rings (SSSR count). The van der Waals surface area contributed by atoms with Gasteiger partial charge in [0, 0.05) is 0 Å². The molecule has 94 valence electrons. The van der Waals surface area contributed by atoms with Crippen LogP contribution in [-0.4, -0.2) is 12.9 Å². The van der Waals surface area contributed by atoms with Crippen molar-refractivity contribution >= 4 is 12.9 Å². The van der Waals surface area contributed by atoms with Gasteiger partial charge in [-0.05, 0) is 24.2 Å². The number of hydrogen-bond acceptors (Lipinski definition) is 4. The number of rotatable bonds is 3. The molecule has 0 aromatic rings. The van der Waals surface area contributed by atoms with E-state index in [9.17, 15) is 0 Å². The molecular weight excluding hydrogens is 208 g/mol. The van der Waals surface area contributed by atoms with Crippen LogP contribution in [0.2, 0.25) is 0 Å². The average Bonchev–Trinajstić information content (AvgIpc) is 2.27. The van der Waals surface area contributed by atoms with Crippen LogP contribution < -0.4 is 0 Å².